The summed E-state index contributed by atoms with van der Waals surface area (Å²) in [6, 6.07) is 21.4. The molecule has 1 heterocycles. The van der Waals surface area contributed by atoms with Gasteiger partial charge in [-0.05, 0) is 46.5 Å². The lowest BCUT2D eigenvalue weighted by molar-refractivity contribution is -0.168. The molecule has 2 amide bonds. The first-order valence-corrected chi connectivity index (χ1v) is 10.9. The fraction of sp³-hybridized carbons (Fsp3) is 0.259. The van der Waals surface area contributed by atoms with Crippen LogP contribution in [0.4, 0.5) is 10.1 Å². The zero-order valence-corrected chi connectivity index (χ0v) is 18.2. The van der Waals surface area contributed by atoms with E-state index in [1.807, 2.05) is 48.5 Å². The summed E-state index contributed by atoms with van der Waals surface area (Å²) in [6.45, 7) is 0. The molecule has 3 aliphatic carbocycles. The molecule has 0 saturated carbocycles. The molecule has 0 unspecified atom stereocenters. The highest BCUT2D eigenvalue weighted by Crippen LogP contribution is 2.65. The molecule has 33 heavy (non-hydrogen) atoms. The molecule has 1 fully saturated rings. The Morgan fingerprint density at radius 3 is 1.91 bits per heavy atom. The highest BCUT2D eigenvalue weighted by molar-refractivity contribution is 6.23. The lowest BCUT2D eigenvalue weighted by atomic mass is 9.47. The van der Waals surface area contributed by atoms with Gasteiger partial charge in [-0.2, -0.15) is 0 Å². The van der Waals surface area contributed by atoms with E-state index in [1.54, 1.807) is 14.2 Å². The van der Waals surface area contributed by atoms with Gasteiger partial charge in [0, 0.05) is 20.1 Å². The van der Waals surface area contributed by atoms with Gasteiger partial charge in [0.1, 0.15) is 5.82 Å². The predicted molar refractivity (Wildman–Crippen MR) is 119 cm³/mol. The average Bonchev–Trinajstić information content (AvgIpc) is 3.12. The average molecular weight is 443 g/mol. The fourth-order valence-electron chi connectivity index (χ4n) is 6.54. The van der Waals surface area contributed by atoms with E-state index in [2.05, 4.69) is 0 Å². The number of halogens is 1. The van der Waals surface area contributed by atoms with Crippen LogP contribution in [0.2, 0.25) is 0 Å². The molecule has 1 aliphatic heterocycles. The highest BCUT2D eigenvalue weighted by atomic mass is 19.1. The van der Waals surface area contributed by atoms with E-state index < -0.39 is 29.4 Å². The van der Waals surface area contributed by atoms with Crippen molar-refractivity contribution in [1.29, 1.82) is 0 Å². The van der Waals surface area contributed by atoms with Gasteiger partial charge in [0.05, 0.1) is 22.9 Å². The molecule has 0 aromatic heterocycles. The molecule has 2 atom stereocenters. The molecule has 3 aromatic rings. The van der Waals surface area contributed by atoms with E-state index >= 15 is 0 Å². The molecule has 4 aliphatic rings. The van der Waals surface area contributed by atoms with Gasteiger partial charge in [-0.25, -0.2) is 9.29 Å². The smallest absolute Gasteiger partial charge is 0.239 e. The number of imide groups is 1. The summed E-state index contributed by atoms with van der Waals surface area (Å²) >= 11 is 0. The Labute approximate surface area is 190 Å². The van der Waals surface area contributed by atoms with Crippen molar-refractivity contribution in [1.82, 2.24) is 0 Å². The predicted octanol–water partition coefficient (Wildman–Crippen LogP) is 4.00. The summed E-state index contributed by atoms with van der Waals surface area (Å²) in [5, 5.41) is 0. The third-order valence-corrected chi connectivity index (χ3v) is 7.57. The van der Waals surface area contributed by atoms with Gasteiger partial charge in [0.2, 0.25) is 11.8 Å². The summed E-state index contributed by atoms with van der Waals surface area (Å²) in [5.41, 5.74) is 3.29. The number of amides is 2. The van der Waals surface area contributed by atoms with Crippen molar-refractivity contribution in [3.05, 3.63) is 101 Å². The van der Waals surface area contributed by atoms with Crippen molar-refractivity contribution < 1.29 is 23.5 Å². The number of methoxy groups -OCH3 is 2. The van der Waals surface area contributed by atoms with Crippen molar-refractivity contribution in [2.24, 2.45) is 11.8 Å². The number of anilines is 1. The molecule has 0 radical (unpaired) electrons. The quantitative estimate of drug-likeness (QED) is 0.452. The van der Waals surface area contributed by atoms with Gasteiger partial charge in [0.25, 0.3) is 0 Å². The first-order chi connectivity index (χ1) is 16.1. The highest BCUT2D eigenvalue weighted by Gasteiger charge is 2.71. The Morgan fingerprint density at radius 1 is 0.818 bits per heavy atom. The molecular formula is C27H22FNO4. The number of benzene rings is 3. The summed E-state index contributed by atoms with van der Waals surface area (Å²) < 4.78 is 25.3. The minimum atomic E-state index is -1.00. The number of ether oxygens (including phenoxy) is 2. The maximum Gasteiger partial charge on any atom is 0.239 e. The Kier molecular flexibility index (Phi) is 4.34. The molecule has 0 spiro atoms. The van der Waals surface area contributed by atoms with Crippen molar-refractivity contribution in [3.8, 4) is 0 Å². The number of nitrogens with zero attached hydrogens (tertiary/aromatic N) is 1. The largest absolute Gasteiger partial charge is 0.355 e. The first-order valence-electron chi connectivity index (χ1n) is 10.9. The van der Waals surface area contributed by atoms with Crippen LogP contribution in [-0.4, -0.2) is 32.3 Å². The van der Waals surface area contributed by atoms with Crippen LogP contribution in [0.15, 0.2) is 72.8 Å². The number of carbonyl (C=O) groups excluding carboxylic acids is 2. The molecule has 3 aromatic carbocycles. The molecule has 6 heteroatoms. The maximum absolute atomic E-state index is 14.1. The standard InChI is InChI=1S/C27H22FNO4/c1-32-26(33-2)27-19-9-5-3-7-17(19)21(18-8-4-6-10-20(18)27)22-23(27)25(31)29(24(22)30)16-13-11-15(28)12-14-16/h3-14,21-23,26H,1-2H3/t21?,22-,23-,27?/m1/s1. The number of hydrogen-bond donors (Lipinski definition) is 0. The van der Waals surface area contributed by atoms with E-state index in [9.17, 15) is 14.0 Å². The summed E-state index contributed by atoms with van der Waals surface area (Å²) in [7, 11) is 3.12. The van der Waals surface area contributed by atoms with Gasteiger partial charge in [-0.15, -0.1) is 0 Å². The second kappa shape index (κ2) is 7.07. The molecule has 2 bridgehead atoms. The van der Waals surface area contributed by atoms with Crippen molar-refractivity contribution in [3.63, 3.8) is 0 Å². The SMILES string of the molecule is COC(OC)C12c3ccccc3C(c3ccccc31)[C@H]1C(=O)N(c3ccc(F)cc3)C(=O)[C@@H]12. The van der Waals surface area contributed by atoms with Crippen LogP contribution in [-0.2, 0) is 24.5 Å². The van der Waals surface area contributed by atoms with Gasteiger partial charge < -0.3 is 9.47 Å². The third kappa shape index (κ3) is 2.37. The second-order valence-corrected chi connectivity index (χ2v) is 8.82. The van der Waals surface area contributed by atoms with Crippen LogP contribution >= 0.6 is 0 Å². The molecule has 0 N–H and O–H groups in total. The lowest BCUT2D eigenvalue weighted by Gasteiger charge is -2.56. The topological polar surface area (TPSA) is 55.8 Å². The number of rotatable bonds is 4. The van der Waals surface area contributed by atoms with Gasteiger partial charge >= 0.3 is 0 Å². The first kappa shape index (κ1) is 20.3. The molecule has 1 saturated heterocycles. The molecule has 7 rings (SSSR count). The monoisotopic (exact) mass is 443 g/mol. The van der Waals surface area contributed by atoms with Crippen LogP contribution in [0.1, 0.15) is 28.2 Å². The van der Waals surface area contributed by atoms with E-state index in [0.29, 0.717) is 5.69 Å². The zero-order chi connectivity index (χ0) is 22.9. The van der Waals surface area contributed by atoms with Crippen molar-refractivity contribution in [2.75, 3.05) is 19.1 Å². The summed E-state index contributed by atoms with van der Waals surface area (Å²) in [6.07, 6.45) is -0.793. The minimum Gasteiger partial charge on any atom is -0.355 e. The fourth-order valence-corrected chi connectivity index (χ4v) is 6.54. The zero-order valence-electron chi connectivity index (χ0n) is 18.2. The second-order valence-electron chi connectivity index (χ2n) is 8.82. The van der Waals surface area contributed by atoms with Crippen molar-refractivity contribution >= 4 is 17.5 Å². The van der Waals surface area contributed by atoms with E-state index in [1.165, 1.54) is 29.2 Å². The van der Waals surface area contributed by atoms with Crippen molar-refractivity contribution in [2.45, 2.75) is 17.6 Å². The van der Waals surface area contributed by atoms with E-state index in [-0.39, 0.29) is 17.7 Å². The van der Waals surface area contributed by atoms with Crippen LogP contribution < -0.4 is 4.90 Å². The molecule has 166 valence electrons. The Bertz CT molecular complexity index is 1240. The Morgan fingerprint density at radius 2 is 1.36 bits per heavy atom. The van der Waals surface area contributed by atoms with E-state index in [4.69, 9.17) is 9.47 Å². The Balaban J connectivity index is 1.67. The molecule has 5 nitrogen and oxygen atoms in total. The van der Waals surface area contributed by atoms with Gasteiger partial charge in [0.15, 0.2) is 6.29 Å². The molecular weight excluding hydrogens is 421 g/mol. The van der Waals surface area contributed by atoms with Crippen LogP contribution in [0.5, 0.6) is 0 Å². The normalized spacial score (nSPS) is 27.0. The lowest BCUT2D eigenvalue weighted by Crippen LogP contribution is -2.60. The van der Waals surface area contributed by atoms with Gasteiger partial charge in [-0.3, -0.25) is 9.59 Å². The minimum absolute atomic E-state index is 0.263. The number of carbonyl (C=O) groups is 2. The van der Waals surface area contributed by atoms with Crippen LogP contribution in [0, 0.1) is 17.7 Å². The van der Waals surface area contributed by atoms with Crippen LogP contribution in [0.25, 0.3) is 0 Å². The summed E-state index contributed by atoms with van der Waals surface area (Å²) in [4.78, 5) is 29.2. The maximum atomic E-state index is 14.1. The third-order valence-electron chi connectivity index (χ3n) is 7.57. The number of hydrogen-bond acceptors (Lipinski definition) is 4. The van der Waals surface area contributed by atoms with E-state index in [0.717, 1.165) is 22.3 Å². The Hall–Kier alpha value is -3.35. The summed E-state index contributed by atoms with van der Waals surface area (Å²) in [5.74, 6) is -2.61. The van der Waals surface area contributed by atoms with Crippen LogP contribution in [0.3, 0.4) is 0 Å². The van der Waals surface area contributed by atoms with Gasteiger partial charge in [-0.1, -0.05) is 48.5 Å².